The summed E-state index contributed by atoms with van der Waals surface area (Å²) < 4.78 is 6.53. The zero-order valence-corrected chi connectivity index (χ0v) is 17.4. The second-order valence-corrected chi connectivity index (χ2v) is 8.44. The van der Waals surface area contributed by atoms with Crippen molar-refractivity contribution < 1.29 is 9.32 Å². The molecule has 0 unspecified atom stereocenters. The maximum Gasteiger partial charge on any atom is 0.268 e. The monoisotopic (exact) mass is 426 g/mol. The van der Waals surface area contributed by atoms with Crippen molar-refractivity contribution in [2.45, 2.75) is 26.4 Å². The fourth-order valence-electron chi connectivity index (χ4n) is 2.91. The zero-order chi connectivity index (χ0) is 20.4. The van der Waals surface area contributed by atoms with Crippen LogP contribution in [-0.4, -0.2) is 20.8 Å². The van der Waals surface area contributed by atoms with Gasteiger partial charge in [-0.3, -0.25) is 9.59 Å². The molecule has 1 atom stereocenters. The summed E-state index contributed by atoms with van der Waals surface area (Å²) >= 11 is 3.07. The first kappa shape index (κ1) is 19.3. The first-order chi connectivity index (χ1) is 14.0. The number of thiophene rings is 2. The number of nitrogens with one attached hydrogen (secondary N) is 1. The lowest BCUT2D eigenvalue weighted by Crippen LogP contribution is -2.34. The minimum Gasteiger partial charge on any atom is -0.356 e. The number of carbonyl (C=O) groups excluding carboxylic acids is 1. The molecule has 148 valence electrons. The lowest BCUT2D eigenvalue weighted by atomic mass is 10.1. The summed E-state index contributed by atoms with van der Waals surface area (Å²) in [5, 5.41) is 15.2. The Morgan fingerprint density at radius 3 is 2.69 bits per heavy atom. The molecule has 0 aliphatic rings. The molecular weight excluding hydrogens is 408 g/mol. The average Bonchev–Trinajstić information content (AvgIpc) is 3.45. The number of hydrogen-bond donors (Lipinski definition) is 1. The third kappa shape index (κ3) is 4.20. The van der Waals surface area contributed by atoms with Crippen LogP contribution in [0, 0.1) is 6.92 Å². The van der Waals surface area contributed by atoms with Gasteiger partial charge in [0.05, 0.1) is 22.2 Å². The van der Waals surface area contributed by atoms with E-state index < -0.39 is 0 Å². The molecule has 0 spiro atoms. The molecule has 4 aromatic rings. The van der Waals surface area contributed by atoms with Crippen LogP contribution in [0.15, 0.2) is 56.5 Å². The number of nitrogens with zero attached hydrogens (tertiary/aromatic N) is 3. The van der Waals surface area contributed by atoms with Gasteiger partial charge < -0.3 is 9.84 Å². The third-order valence-corrected chi connectivity index (χ3v) is 6.22. The van der Waals surface area contributed by atoms with E-state index in [9.17, 15) is 9.59 Å². The van der Waals surface area contributed by atoms with E-state index in [1.807, 2.05) is 48.9 Å². The van der Waals surface area contributed by atoms with E-state index in [0.717, 1.165) is 9.75 Å². The second kappa shape index (κ2) is 8.14. The van der Waals surface area contributed by atoms with E-state index in [0.29, 0.717) is 22.7 Å². The quantitative estimate of drug-likeness (QED) is 0.505. The van der Waals surface area contributed by atoms with E-state index in [1.54, 1.807) is 17.4 Å². The summed E-state index contributed by atoms with van der Waals surface area (Å²) in [7, 11) is 0. The molecule has 0 saturated carbocycles. The number of aryl methyl sites for hydroxylation is 1. The van der Waals surface area contributed by atoms with Crippen molar-refractivity contribution >= 4 is 28.6 Å². The van der Waals surface area contributed by atoms with Gasteiger partial charge in [-0.25, -0.2) is 4.68 Å². The number of carbonyl (C=O) groups is 1. The lowest BCUT2D eigenvalue weighted by Gasteiger charge is -2.13. The summed E-state index contributed by atoms with van der Waals surface area (Å²) in [6.07, 6.45) is 0. The van der Waals surface area contributed by atoms with Gasteiger partial charge in [0.1, 0.15) is 12.2 Å². The smallest absolute Gasteiger partial charge is 0.268 e. The first-order valence-corrected chi connectivity index (χ1v) is 10.7. The average molecular weight is 427 g/mol. The molecule has 0 radical (unpaired) electrons. The topological polar surface area (TPSA) is 90.0 Å². The predicted molar refractivity (Wildman–Crippen MR) is 113 cm³/mol. The summed E-state index contributed by atoms with van der Waals surface area (Å²) in [6, 6.07) is 10.8. The van der Waals surface area contributed by atoms with Crippen molar-refractivity contribution in [1.29, 1.82) is 0 Å². The van der Waals surface area contributed by atoms with Crippen molar-refractivity contribution in [2.75, 3.05) is 0 Å². The van der Waals surface area contributed by atoms with Crippen LogP contribution >= 0.6 is 22.7 Å². The molecule has 7 nitrogen and oxygen atoms in total. The molecule has 0 bridgehead atoms. The molecule has 4 rings (SSSR count). The molecular formula is C20H18N4O3S2. The second-order valence-electron chi connectivity index (χ2n) is 6.52. The Balaban J connectivity index is 1.65. The van der Waals surface area contributed by atoms with Crippen LogP contribution in [0.2, 0.25) is 0 Å². The van der Waals surface area contributed by atoms with Gasteiger partial charge in [0.2, 0.25) is 5.91 Å². The largest absolute Gasteiger partial charge is 0.356 e. The first-order valence-electron chi connectivity index (χ1n) is 8.94. The van der Waals surface area contributed by atoms with Crippen LogP contribution in [0.25, 0.3) is 21.9 Å². The Bertz CT molecular complexity index is 1180. The fourth-order valence-corrected chi connectivity index (χ4v) is 4.37. The maximum absolute atomic E-state index is 12.7. The highest BCUT2D eigenvalue weighted by molar-refractivity contribution is 7.13. The Morgan fingerprint density at radius 2 is 2.03 bits per heavy atom. The number of rotatable bonds is 6. The molecule has 9 heteroatoms. The van der Waals surface area contributed by atoms with Gasteiger partial charge in [-0.1, -0.05) is 17.3 Å². The molecule has 29 heavy (non-hydrogen) atoms. The maximum atomic E-state index is 12.7. The minimum absolute atomic E-state index is 0.133. The van der Waals surface area contributed by atoms with Gasteiger partial charge >= 0.3 is 0 Å². The molecule has 0 fully saturated rings. The van der Waals surface area contributed by atoms with Crippen LogP contribution < -0.4 is 10.9 Å². The Morgan fingerprint density at radius 1 is 1.24 bits per heavy atom. The molecule has 1 amide bonds. The molecule has 4 heterocycles. The number of hydrogen-bond acceptors (Lipinski definition) is 7. The molecule has 0 aromatic carbocycles. The Hall–Kier alpha value is -3.04. The van der Waals surface area contributed by atoms with Gasteiger partial charge in [-0.05, 0) is 36.7 Å². The highest BCUT2D eigenvalue weighted by Crippen LogP contribution is 2.32. The Kier molecular flexibility index (Phi) is 5.41. The molecule has 0 saturated heterocycles. The van der Waals surface area contributed by atoms with Gasteiger partial charge in [0.25, 0.3) is 5.56 Å². The summed E-state index contributed by atoms with van der Waals surface area (Å²) in [5.74, 6) is 0.194. The van der Waals surface area contributed by atoms with Gasteiger partial charge in [0.15, 0.2) is 5.76 Å². The van der Waals surface area contributed by atoms with Gasteiger partial charge in [-0.15, -0.1) is 22.7 Å². The van der Waals surface area contributed by atoms with Gasteiger partial charge in [-0.2, -0.15) is 5.10 Å². The minimum atomic E-state index is -0.381. The van der Waals surface area contributed by atoms with Crippen molar-refractivity contribution in [3.63, 3.8) is 0 Å². The molecule has 0 aliphatic heterocycles. The standard InChI is InChI=1S/C20H18N4O3S2/c1-12-9-15(27-23-12)14-10-19(26)24(22-20(14)17-6-4-8-29-17)11-18(25)21-13(2)16-5-3-7-28-16/h3-10,13H,11H2,1-2H3,(H,21,25)/t13-/m0/s1. The van der Waals surface area contributed by atoms with Crippen molar-refractivity contribution in [3.05, 3.63) is 68.1 Å². The number of aromatic nitrogens is 3. The van der Waals surface area contributed by atoms with Crippen molar-refractivity contribution in [2.24, 2.45) is 0 Å². The molecule has 1 N–H and O–H groups in total. The highest BCUT2D eigenvalue weighted by atomic mass is 32.1. The van der Waals surface area contributed by atoms with Crippen LogP contribution in [0.4, 0.5) is 0 Å². The summed E-state index contributed by atoms with van der Waals surface area (Å²) in [6.45, 7) is 3.56. The lowest BCUT2D eigenvalue weighted by molar-refractivity contribution is -0.122. The van der Waals surface area contributed by atoms with E-state index >= 15 is 0 Å². The van der Waals surface area contributed by atoms with E-state index in [1.165, 1.54) is 22.1 Å². The van der Waals surface area contributed by atoms with Crippen LogP contribution in [0.1, 0.15) is 23.5 Å². The summed E-state index contributed by atoms with van der Waals surface area (Å²) in [4.78, 5) is 27.1. The Labute approximate surface area is 174 Å². The van der Waals surface area contributed by atoms with E-state index in [-0.39, 0.29) is 24.1 Å². The van der Waals surface area contributed by atoms with Crippen LogP contribution in [-0.2, 0) is 11.3 Å². The van der Waals surface area contributed by atoms with Crippen molar-refractivity contribution in [3.8, 4) is 21.9 Å². The molecule has 0 aliphatic carbocycles. The van der Waals surface area contributed by atoms with Gasteiger partial charge in [0, 0.05) is 17.0 Å². The summed E-state index contributed by atoms with van der Waals surface area (Å²) in [5.41, 5.74) is 1.47. The zero-order valence-electron chi connectivity index (χ0n) is 15.8. The van der Waals surface area contributed by atoms with E-state index in [2.05, 4.69) is 15.6 Å². The molecule has 4 aromatic heterocycles. The third-order valence-electron chi connectivity index (χ3n) is 4.29. The SMILES string of the molecule is Cc1cc(-c2cc(=O)n(CC(=O)N[C@@H](C)c3cccs3)nc2-c2cccs2)on1. The van der Waals surface area contributed by atoms with Crippen molar-refractivity contribution in [1.82, 2.24) is 20.3 Å². The predicted octanol–water partition coefficient (Wildman–Crippen LogP) is 3.87. The fraction of sp³-hybridized carbons (Fsp3) is 0.200. The van der Waals surface area contributed by atoms with E-state index in [4.69, 9.17) is 4.52 Å². The number of amides is 1. The van der Waals surface area contributed by atoms with Crippen LogP contribution in [0.3, 0.4) is 0 Å². The normalized spacial score (nSPS) is 12.1. The van der Waals surface area contributed by atoms with Crippen LogP contribution in [0.5, 0.6) is 0 Å². The highest BCUT2D eigenvalue weighted by Gasteiger charge is 2.19.